The highest BCUT2D eigenvalue weighted by Gasteiger charge is 2.41. The van der Waals surface area contributed by atoms with Crippen molar-refractivity contribution in [1.82, 2.24) is 10.2 Å². The summed E-state index contributed by atoms with van der Waals surface area (Å²) >= 11 is 0. The van der Waals surface area contributed by atoms with Gasteiger partial charge in [-0.3, -0.25) is 19.4 Å². The van der Waals surface area contributed by atoms with Gasteiger partial charge in [0.15, 0.2) is 0 Å². The molecule has 2 unspecified atom stereocenters. The topological polar surface area (TPSA) is 134 Å². The average Bonchev–Trinajstić information content (AvgIpc) is 2.89. The van der Waals surface area contributed by atoms with Gasteiger partial charge in [-0.1, -0.05) is 30.2 Å². The molecule has 9 heteroatoms. The number of aliphatic imine (C=N–C) groups is 1. The van der Waals surface area contributed by atoms with Crippen LogP contribution < -0.4 is 10.9 Å². The van der Waals surface area contributed by atoms with Crippen LogP contribution in [0.4, 0.5) is 5.69 Å². The number of carbonyl (C=O) groups excluding carboxylic acids is 2. The van der Waals surface area contributed by atoms with Crippen molar-refractivity contribution in [2.24, 2.45) is 10.9 Å². The fourth-order valence-corrected chi connectivity index (χ4v) is 4.57. The molecular weight excluding hydrogens is 484 g/mol. The smallest absolute Gasteiger partial charge is 0.315 e. The number of nitrogens with one attached hydrogen (secondary N) is 2. The highest BCUT2D eigenvalue weighted by Crippen LogP contribution is 2.40. The first-order chi connectivity index (χ1) is 18.2. The third kappa shape index (κ3) is 5.25. The number of ether oxygens (including phenoxy) is 1. The first-order valence-electron chi connectivity index (χ1n) is 11.9. The van der Waals surface area contributed by atoms with E-state index in [-0.39, 0.29) is 18.1 Å². The summed E-state index contributed by atoms with van der Waals surface area (Å²) in [4.78, 5) is 42.6. The molecule has 0 saturated carbocycles. The average molecular weight is 511 g/mol. The van der Waals surface area contributed by atoms with Gasteiger partial charge in [-0.05, 0) is 50.6 Å². The van der Waals surface area contributed by atoms with Crippen LogP contribution in [0.25, 0.3) is 11.3 Å². The molecule has 2 atom stereocenters. The minimum Gasteiger partial charge on any atom is -0.505 e. The lowest BCUT2D eigenvalue weighted by Crippen LogP contribution is -2.37. The van der Waals surface area contributed by atoms with Gasteiger partial charge in [-0.2, -0.15) is 5.10 Å². The molecule has 1 aliphatic rings. The second-order valence-electron chi connectivity index (χ2n) is 8.73. The molecule has 1 aromatic heterocycles. The molecule has 0 fully saturated rings. The number of hydrogen-bond acceptors (Lipinski definition) is 7. The Morgan fingerprint density at radius 1 is 1.16 bits per heavy atom. The van der Waals surface area contributed by atoms with Gasteiger partial charge >= 0.3 is 5.97 Å². The van der Waals surface area contributed by atoms with Crippen molar-refractivity contribution in [2.45, 2.75) is 26.7 Å². The zero-order valence-corrected chi connectivity index (χ0v) is 21.1. The van der Waals surface area contributed by atoms with Crippen molar-refractivity contribution in [1.29, 1.82) is 0 Å². The third-order valence-corrected chi connectivity index (χ3v) is 6.23. The predicted molar refractivity (Wildman–Crippen MR) is 144 cm³/mol. The third-order valence-electron chi connectivity index (χ3n) is 6.23. The predicted octanol–water partition coefficient (Wildman–Crippen LogP) is 3.77. The van der Waals surface area contributed by atoms with Crippen molar-refractivity contribution in [2.75, 3.05) is 11.9 Å². The van der Waals surface area contributed by atoms with Crippen LogP contribution >= 0.6 is 0 Å². The summed E-state index contributed by atoms with van der Waals surface area (Å²) in [5.41, 5.74) is 3.36. The maximum absolute atomic E-state index is 13.7. The number of aromatic nitrogens is 2. The lowest BCUT2D eigenvalue weighted by Gasteiger charge is -2.32. The second-order valence-corrected chi connectivity index (χ2v) is 8.73. The summed E-state index contributed by atoms with van der Waals surface area (Å²) in [7, 11) is 0. The molecule has 9 nitrogen and oxygen atoms in total. The summed E-state index contributed by atoms with van der Waals surface area (Å²) in [6.07, 6.45) is 5.62. The summed E-state index contributed by atoms with van der Waals surface area (Å²) in [5, 5.41) is 19.1. The molecule has 2 heterocycles. The number of nitrogens with zero attached hydrogens (tertiary/aromatic N) is 2. The second kappa shape index (κ2) is 11.0. The minimum absolute atomic E-state index is 0.190. The van der Waals surface area contributed by atoms with Crippen molar-refractivity contribution in [3.63, 3.8) is 0 Å². The van der Waals surface area contributed by atoms with E-state index < -0.39 is 29.3 Å². The van der Waals surface area contributed by atoms with Gasteiger partial charge in [0.1, 0.15) is 17.4 Å². The summed E-state index contributed by atoms with van der Waals surface area (Å²) in [6, 6.07) is 14.8. The van der Waals surface area contributed by atoms with Crippen LogP contribution in [0.2, 0.25) is 0 Å². The van der Waals surface area contributed by atoms with E-state index in [9.17, 15) is 19.5 Å². The van der Waals surface area contributed by atoms with E-state index in [1.54, 1.807) is 63.2 Å². The van der Waals surface area contributed by atoms with Gasteiger partial charge in [0, 0.05) is 45.8 Å². The number of hydrogen-bond donors (Lipinski definition) is 3. The Balaban J connectivity index is 1.70. The largest absolute Gasteiger partial charge is 0.505 e. The molecule has 2 aromatic carbocycles. The van der Waals surface area contributed by atoms with Crippen LogP contribution in [0.1, 0.15) is 37.8 Å². The van der Waals surface area contributed by atoms with E-state index in [4.69, 9.17) is 11.2 Å². The summed E-state index contributed by atoms with van der Waals surface area (Å²) < 4.78 is 5.35. The van der Waals surface area contributed by atoms with Crippen LogP contribution in [0.15, 0.2) is 75.7 Å². The molecule has 0 saturated heterocycles. The monoisotopic (exact) mass is 510 g/mol. The highest BCUT2D eigenvalue weighted by molar-refractivity contribution is 6.11. The molecule has 0 bridgehead atoms. The van der Waals surface area contributed by atoms with Gasteiger partial charge in [0.2, 0.25) is 0 Å². The lowest BCUT2D eigenvalue weighted by atomic mass is 9.75. The van der Waals surface area contributed by atoms with E-state index >= 15 is 0 Å². The van der Waals surface area contributed by atoms with Crippen molar-refractivity contribution < 1.29 is 19.4 Å². The van der Waals surface area contributed by atoms with Gasteiger partial charge in [0.25, 0.3) is 11.5 Å². The minimum atomic E-state index is -0.802. The molecule has 0 spiro atoms. The number of anilines is 1. The molecule has 3 N–H and O–H groups in total. The Morgan fingerprint density at radius 2 is 1.89 bits per heavy atom. The van der Waals surface area contributed by atoms with Crippen LogP contribution in [-0.2, 0) is 14.3 Å². The van der Waals surface area contributed by atoms with Gasteiger partial charge in [-0.25, -0.2) is 5.10 Å². The van der Waals surface area contributed by atoms with E-state index in [1.165, 1.54) is 0 Å². The number of carbonyl (C=O) groups is 2. The molecule has 38 heavy (non-hydrogen) atoms. The summed E-state index contributed by atoms with van der Waals surface area (Å²) in [6.45, 7) is 5.39. The van der Waals surface area contributed by atoms with Gasteiger partial charge in [0.05, 0.1) is 6.61 Å². The molecular formula is C29H26N4O5. The summed E-state index contributed by atoms with van der Waals surface area (Å²) in [5.74, 6) is -0.0260. The van der Waals surface area contributed by atoms with E-state index in [2.05, 4.69) is 26.4 Å². The first-order valence-corrected chi connectivity index (χ1v) is 11.9. The van der Waals surface area contributed by atoms with Crippen molar-refractivity contribution >= 4 is 23.3 Å². The molecule has 192 valence electrons. The van der Waals surface area contributed by atoms with Crippen molar-refractivity contribution in [3.8, 4) is 29.4 Å². The normalized spacial score (nSPS) is 16.8. The quantitative estimate of drug-likeness (QED) is 0.341. The van der Waals surface area contributed by atoms with E-state index in [0.717, 1.165) is 6.07 Å². The van der Waals surface area contributed by atoms with Gasteiger partial charge in [-0.15, -0.1) is 6.42 Å². The zero-order valence-electron chi connectivity index (χ0n) is 21.1. The number of benzene rings is 2. The number of amides is 1. The van der Waals surface area contributed by atoms with E-state index in [0.29, 0.717) is 39.4 Å². The zero-order chi connectivity index (χ0) is 27.4. The SMILES string of the molecule is C#Cc1cccc(C2C(C(=O)Nc3ccc(-c4n[nH]c(=O)cc4O)cc3)=C(C)N=C(C)C2C(=O)OCC)c1. The van der Waals surface area contributed by atoms with Crippen LogP contribution in [0, 0.1) is 18.3 Å². The number of allylic oxidation sites excluding steroid dienone is 1. The van der Waals surface area contributed by atoms with E-state index in [1.807, 2.05) is 6.07 Å². The molecule has 0 radical (unpaired) electrons. The van der Waals surface area contributed by atoms with Crippen LogP contribution in [0.3, 0.4) is 0 Å². The first kappa shape index (κ1) is 26.1. The standard InChI is InChI=1S/C29H26N4O5/c1-5-18-8-7-9-20(14-18)26-24(16(3)30-17(4)25(26)29(37)38-6-2)28(36)31-21-12-10-19(11-13-21)27-22(34)15-23(35)32-33-27/h1,7-15,25-26H,6H2,2-4H3,(H,31,36)(H2,32,34,35). The molecule has 3 aromatic rings. The Hall–Kier alpha value is -4.97. The van der Waals surface area contributed by atoms with Crippen molar-refractivity contribution in [3.05, 3.63) is 87.3 Å². The Kier molecular flexibility index (Phi) is 7.53. The maximum atomic E-state index is 13.7. The molecule has 4 rings (SSSR count). The van der Waals surface area contributed by atoms with Gasteiger partial charge < -0.3 is 15.2 Å². The Bertz CT molecular complexity index is 1560. The van der Waals surface area contributed by atoms with Crippen LogP contribution in [-0.4, -0.2) is 39.5 Å². The highest BCUT2D eigenvalue weighted by atomic mass is 16.5. The molecule has 0 aliphatic carbocycles. The fraction of sp³-hybridized carbons (Fsp3) is 0.207. The lowest BCUT2D eigenvalue weighted by molar-refractivity contribution is -0.146. The number of H-pyrrole nitrogens is 1. The fourth-order valence-electron chi connectivity index (χ4n) is 4.57. The Morgan fingerprint density at radius 3 is 2.55 bits per heavy atom. The number of aromatic amines is 1. The molecule has 1 aliphatic heterocycles. The Labute approximate surface area is 219 Å². The number of rotatable bonds is 6. The number of terminal acetylenes is 1. The maximum Gasteiger partial charge on any atom is 0.315 e. The number of esters is 1. The number of aromatic hydroxyl groups is 1. The van der Waals surface area contributed by atoms with Crippen LogP contribution in [0.5, 0.6) is 5.75 Å². The molecule has 1 amide bonds.